The molecule has 0 radical (unpaired) electrons. The number of aromatic amines is 1. The Balaban J connectivity index is 0.000000640. The lowest BCUT2D eigenvalue weighted by molar-refractivity contribution is 0.0991. The van der Waals surface area contributed by atoms with Gasteiger partial charge in [-0.05, 0) is 0 Å². The number of rotatable bonds is 1. The van der Waals surface area contributed by atoms with Crippen molar-refractivity contribution in [2.45, 2.75) is 0 Å². The van der Waals surface area contributed by atoms with E-state index in [1.807, 2.05) is 0 Å². The van der Waals surface area contributed by atoms with Crippen LogP contribution in [0.1, 0.15) is 10.6 Å². The first kappa shape index (κ1) is 7.57. The Hall–Kier alpha value is -1.43. The number of nitrogens with zero attached hydrogens (tertiary/aromatic N) is 2. The zero-order valence-electron chi connectivity index (χ0n) is 4.46. The van der Waals surface area contributed by atoms with Gasteiger partial charge in [0.05, 0.1) is 0 Å². The van der Waals surface area contributed by atoms with Crippen molar-refractivity contribution in [3.8, 4) is 0 Å². The molecule has 0 saturated carbocycles. The number of amides is 1. The molecule has 1 rings (SSSR count). The van der Waals surface area contributed by atoms with Crippen LogP contribution in [-0.4, -0.2) is 26.6 Å². The van der Waals surface area contributed by atoms with E-state index in [9.17, 15) is 4.79 Å². The van der Waals surface area contributed by atoms with Gasteiger partial charge in [0.25, 0.3) is 5.91 Å². The average molecular weight is 130 g/mol. The highest BCUT2D eigenvalue weighted by atomic mass is 16.1. The minimum absolute atomic E-state index is 0. The molecule has 0 unspecified atom stereocenters. The third kappa shape index (κ3) is 1.50. The zero-order chi connectivity index (χ0) is 5.98. The fourth-order valence-electron chi connectivity index (χ4n) is 0.324. The maximum absolute atomic E-state index is 10.2. The molecule has 0 atom stereocenters. The van der Waals surface area contributed by atoms with E-state index in [2.05, 4.69) is 15.2 Å². The Morgan fingerprint density at radius 3 is 2.67 bits per heavy atom. The summed E-state index contributed by atoms with van der Waals surface area (Å²) in [6.45, 7) is 0. The van der Waals surface area contributed by atoms with E-state index in [4.69, 9.17) is 5.73 Å². The van der Waals surface area contributed by atoms with Crippen LogP contribution in [0.4, 0.5) is 0 Å². The number of primary amides is 1. The predicted octanol–water partition coefficient (Wildman–Crippen LogP) is -1.92. The minimum Gasteiger partial charge on any atom is -0.412 e. The molecule has 1 heterocycles. The third-order valence-corrected chi connectivity index (χ3v) is 0.648. The molecule has 0 aliphatic rings. The second-order valence-electron chi connectivity index (χ2n) is 1.20. The van der Waals surface area contributed by atoms with Crippen molar-refractivity contribution < 1.29 is 10.3 Å². The molecule has 0 bridgehead atoms. The van der Waals surface area contributed by atoms with Gasteiger partial charge in [0.15, 0.2) is 0 Å². The van der Waals surface area contributed by atoms with Crippen molar-refractivity contribution in [3.05, 3.63) is 12.2 Å². The minimum atomic E-state index is -0.595. The summed E-state index contributed by atoms with van der Waals surface area (Å²) in [6.07, 6.45) is 1.22. The highest BCUT2D eigenvalue weighted by Crippen LogP contribution is 1.78. The summed E-state index contributed by atoms with van der Waals surface area (Å²) in [4.78, 5) is 13.6. The molecule has 50 valence electrons. The topological polar surface area (TPSA) is 116 Å². The molecule has 0 spiro atoms. The van der Waals surface area contributed by atoms with Crippen LogP contribution in [0, 0.1) is 0 Å². The van der Waals surface area contributed by atoms with Crippen molar-refractivity contribution in [1.29, 1.82) is 0 Å². The van der Waals surface area contributed by atoms with E-state index >= 15 is 0 Å². The second kappa shape index (κ2) is 2.78. The first-order valence-electron chi connectivity index (χ1n) is 1.96. The van der Waals surface area contributed by atoms with Gasteiger partial charge in [-0.15, -0.1) is 0 Å². The van der Waals surface area contributed by atoms with E-state index in [1.54, 1.807) is 0 Å². The summed E-state index contributed by atoms with van der Waals surface area (Å²) < 4.78 is 0. The molecule has 1 amide bonds. The van der Waals surface area contributed by atoms with Crippen LogP contribution in [-0.2, 0) is 0 Å². The molecule has 1 aromatic heterocycles. The maximum atomic E-state index is 10.2. The van der Waals surface area contributed by atoms with Gasteiger partial charge in [-0.25, -0.2) is 4.98 Å². The fourth-order valence-corrected chi connectivity index (χ4v) is 0.324. The Morgan fingerprint density at radius 2 is 2.44 bits per heavy atom. The monoisotopic (exact) mass is 130 g/mol. The Bertz CT molecular complexity index is 182. The Kier molecular flexibility index (Phi) is 2.33. The number of aromatic nitrogens is 3. The van der Waals surface area contributed by atoms with Crippen molar-refractivity contribution in [1.82, 2.24) is 15.2 Å². The number of nitrogens with one attached hydrogen (secondary N) is 1. The van der Waals surface area contributed by atoms with Gasteiger partial charge in [-0.1, -0.05) is 0 Å². The van der Waals surface area contributed by atoms with Crippen LogP contribution in [0.3, 0.4) is 0 Å². The lowest BCUT2D eigenvalue weighted by Crippen LogP contribution is -2.12. The first-order chi connectivity index (χ1) is 3.80. The van der Waals surface area contributed by atoms with Crippen LogP contribution in [0.5, 0.6) is 0 Å². The molecule has 5 N–H and O–H groups in total. The smallest absolute Gasteiger partial charge is 0.286 e. The van der Waals surface area contributed by atoms with Crippen molar-refractivity contribution in [3.63, 3.8) is 0 Å². The largest absolute Gasteiger partial charge is 0.412 e. The predicted molar refractivity (Wildman–Crippen MR) is 28.5 cm³/mol. The lowest BCUT2D eigenvalue weighted by atomic mass is 10.6. The number of carbonyl (C=O) groups is 1. The van der Waals surface area contributed by atoms with Crippen LogP contribution in [0.2, 0.25) is 0 Å². The van der Waals surface area contributed by atoms with Crippen LogP contribution in [0.15, 0.2) is 6.33 Å². The normalized spacial score (nSPS) is 8.00. The molecule has 0 aromatic carbocycles. The van der Waals surface area contributed by atoms with E-state index < -0.39 is 5.91 Å². The molecule has 0 fully saturated rings. The van der Waals surface area contributed by atoms with E-state index in [1.165, 1.54) is 6.33 Å². The van der Waals surface area contributed by atoms with Crippen molar-refractivity contribution in [2.75, 3.05) is 0 Å². The molecule has 0 aliphatic carbocycles. The lowest BCUT2D eigenvalue weighted by Gasteiger charge is -1.78. The second-order valence-corrected chi connectivity index (χ2v) is 1.20. The highest BCUT2D eigenvalue weighted by molar-refractivity contribution is 5.88. The molecule has 6 nitrogen and oxygen atoms in total. The van der Waals surface area contributed by atoms with E-state index in [0.29, 0.717) is 0 Å². The summed E-state index contributed by atoms with van der Waals surface area (Å²) in [5.41, 5.74) is 4.79. The van der Waals surface area contributed by atoms with E-state index in [0.717, 1.165) is 0 Å². The number of carbonyl (C=O) groups excluding carboxylic acids is 1. The number of hydrogen-bond acceptors (Lipinski definition) is 3. The molecule has 6 heteroatoms. The van der Waals surface area contributed by atoms with Gasteiger partial charge in [0.2, 0.25) is 5.82 Å². The van der Waals surface area contributed by atoms with Gasteiger partial charge in [0.1, 0.15) is 6.33 Å². The first-order valence-corrected chi connectivity index (χ1v) is 1.96. The van der Waals surface area contributed by atoms with Crippen LogP contribution < -0.4 is 5.73 Å². The van der Waals surface area contributed by atoms with Gasteiger partial charge < -0.3 is 11.2 Å². The molecule has 0 aliphatic heterocycles. The summed E-state index contributed by atoms with van der Waals surface area (Å²) in [5, 5.41) is 5.71. The SMILES string of the molecule is NC(=O)c1ncn[nH]1.O. The van der Waals surface area contributed by atoms with Crippen LogP contribution >= 0.6 is 0 Å². The number of nitrogens with two attached hydrogens (primary N) is 1. The van der Waals surface area contributed by atoms with E-state index in [-0.39, 0.29) is 11.3 Å². The summed E-state index contributed by atoms with van der Waals surface area (Å²) in [5.74, 6) is -0.507. The average Bonchev–Trinajstić information content (AvgIpc) is 2.12. The van der Waals surface area contributed by atoms with Crippen LogP contribution in [0.25, 0.3) is 0 Å². The molecular weight excluding hydrogens is 124 g/mol. The highest BCUT2D eigenvalue weighted by Gasteiger charge is 1.98. The summed E-state index contributed by atoms with van der Waals surface area (Å²) in [6, 6.07) is 0. The molecule has 0 saturated heterocycles. The van der Waals surface area contributed by atoms with Gasteiger partial charge in [0, 0.05) is 0 Å². The Labute approximate surface area is 50.4 Å². The quantitative estimate of drug-likeness (QED) is 0.461. The molecular formula is C3H6N4O2. The molecule has 1 aromatic rings. The van der Waals surface area contributed by atoms with Gasteiger partial charge >= 0.3 is 0 Å². The van der Waals surface area contributed by atoms with Crippen molar-refractivity contribution in [2.24, 2.45) is 5.73 Å². The zero-order valence-corrected chi connectivity index (χ0v) is 4.46. The number of hydrogen-bond donors (Lipinski definition) is 2. The Morgan fingerprint density at radius 1 is 1.78 bits per heavy atom. The maximum Gasteiger partial charge on any atom is 0.286 e. The molecule has 9 heavy (non-hydrogen) atoms. The van der Waals surface area contributed by atoms with Gasteiger partial charge in [-0.3, -0.25) is 9.89 Å². The van der Waals surface area contributed by atoms with Crippen molar-refractivity contribution >= 4 is 5.91 Å². The van der Waals surface area contributed by atoms with Gasteiger partial charge in [-0.2, -0.15) is 5.10 Å². The summed E-state index contributed by atoms with van der Waals surface area (Å²) in [7, 11) is 0. The fraction of sp³-hybridized carbons (Fsp3) is 0. The standard InChI is InChI=1S/C3H4N4O.H2O/c4-2(8)3-5-1-6-7-3;/h1H,(H2,4,8)(H,5,6,7);1H2. The third-order valence-electron chi connectivity index (χ3n) is 0.648. The summed E-state index contributed by atoms with van der Waals surface area (Å²) >= 11 is 0. The number of H-pyrrole nitrogens is 1.